The highest BCUT2D eigenvalue weighted by atomic mass is 16.5. The number of hydrogen-bond donors (Lipinski definition) is 1. The first-order valence-electron chi connectivity index (χ1n) is 14.0. The molecule has 1 aromatic carbocycles. The summed E-state index contributed by atoms with van der Waals surface area (Å²) in [5.41, 5.74) is 0.956. The lowest BCUT2D eigenvalue weighted by atomic mass is 9.49. The number of rotatable bonds is 7. The Hall–Kier alpha value is -2.08. The van der Waals surface area contributed by atoms with E-state index in [2.05, 4.69) is 16.3 Å². The van der Waals surface area contributed by atoms with Gasteiger partial charge >= 0.3 is 0 Å². The van der Waals surface area contributed by atoms with E-state index in [9.17, 15) is 9.59 Å². The van der Waals surface area contributed by atoms with Gasteiger partial charge in [0.25, 0.3) is 0 Å². The van der Waals surface area contributed by atoms with Crippen molar-refractivity contribution in [3.8, 4) is 5.75 Å². The van der Waals surface area contributed by atoms with Crippen LogP contribution in [0.15, 0.2) is 24.3 Å². The zero-order valence-corrected chi connectivity index (χ0v) is 21.2. The molecule has 2 saturated heterocycles. The molecule has 0 aromatic heterocycles. The average Bonchev–Trinajstić information content (AvgIpc) is 3.56. The number of carbonyl (C=O) groups excluding carboxylic acids is 2. The van der Waals surface area contributed by atoms with Gasteiger partial charge in [-0.05, 0) is 101 Å². The van der Waals surface area contributed by atoms with Gasteiger partial charge in [0, 0.05) is 18.7 Å². The van der Waals surface area contributed by atoms with E-state index < -0.39 is 0 Å². The normalized spacial score (nSPS) is 34.8. The van der Waals surface area contributed by atoms with Gasteiger partial charge in [-0.15, -0.1) is 0 Å². The first-order chi connectivity index (χ1) is 17.1. The number of nitrogens with one attached hydrogen (secondary N) is 1. The fraction of sp³-hybridized carbons (Fsp3) is 0.724. The van der Waals surface area contributed by atoms with E-state index in [4.69, 9.17) is 4.74 Å². The van der Waals surface area contributed by atoms with Gasteiger partial charge in [0.2, 0.25) is 11.8 Å². The van der Waals surface area contributed by atoms with Crippen LogP contribution in [0.25, 0.3) is 0 Å². The van der Waals surface area contributed by atoms with Crippen molar-refractivity contribution >= 4 is 11.8 Å². The van der Waals surface area contributed by atoms with E-state index in [-0.39, 0.29) is 23.4 Å². The van der Waals surface area contributed by atoms with Crippen molar-refractivity contribution in [1.29, 1.82) is 0 Å². The van der Waals surface area contributed by atoms with Crippen molar-refractivity contribution < 1.29 is 14.3 Å². The van der Waals surface area contributed by atoms with E-state index in [1.165, 1.54) is 32.1 Å². The van der Waals surface area contributed by atoms with Gasteiger partial charge in [-0.1, -0.05) is 18.2 Å². The minimum Gasteiger partial charge on any atom is -0.496 e. The van der Waals surface area contributed by atoms with Crippen LogP contribution in [0.2, 0.25) is 0 Å². The Morgan fingerprint density at radius 3 is 2.31 bits per heavy atom. The summed E-state index contributed by atoms with van der Waals surface area (Å²) < 4.78 is 5.67. The van der Waals surface area contributed by atoms with Gasteiger partial charge in [0.1, 0.15) is 11.8 Å². The Kier molecular flexibility index (Phi) is 6.28. The second-order valence-electron chi connectivity index (χ2n) is 12.1. The number of hydrogen-bond acceptors (Lipinski definition) is 4. The molecule has 6 aliphatic rings. The Bertz CT molecular complexity index is 921. The SMILES string of the molecule is COc1ccccc1[C@@H](CNC(=O)[C@@H]1CCCN1C(=O)C12CC3CC(CC(C3)C1)C2)N1CCCC1. The van der Waals surface area contributed by atoms with Crippen molar-refractivity contribution in [2.75, 3.05) is 33.3 Å². The van der Waals surface area contributed by atoms with Crippen molar-refractivity contribution in [3.05, 3.63) is 29.8 Å². The third-order valence-electron chi connectivity index (χ3n) is 9.86. The molecule has 2 heterocycles. The predicted molar refractivity (Wildman–Crippen MR) is 135 cm³/mol. The van der Waals surface area contributed by atoms with Crippen LogP contribution in [-0.4, -0.2) is 60.9 Å². The molecule has 2 amide bonds. The number of para-hydroxylation sites is 1. The Labute approximate surface area is 209 Å². The van der Waals surface area contributed by atoms with E-state index >= 15 is 0 Å². The summed E-state index contributed by atoms with van der Waals surface area (Å²) in [6, 6.07) is 7.94. The molecule has 7 rings (SSSR count). The molecular formula is C29H41N3O3. The maximum absolute atomic E-state index is 14.0. The zero-order chi connectivity index (χ0) is 24.0. The molecule has 1 aromatic rings. The summed E-state index contributed by atoms with van der Waals surface area (Å²) in [4.78, 5) is 32.0. The van der Waals surface area contributed by atoms with E-state index in [0.717, 1.165) is 80.8 Å². The maximum Gasteiger partial charge on any atom is 0.242 e. The second kappa shape index (κ2) is 9.42. The number of likely N-dealkylation sites (tertiary alicyclic amines) is 2. The molecule has 6 nitrogen and oxygen atoms in total. The summed E-state index contributed by atoms with van der Waals surface area (Å²) in [5, 5.41) is 3.28. The quantitative estimate of drug-likeness (QED) is 0.638. The topological polar surface area (TPSA) is 61.9 Å². The molecule has 0 unspecified atom stereocenters. The van der Waals surface area contributed by atoms with Gasteiger partial charge in [-0.3, -0.25) is 14.5 Å². The molecule has 0 radical (unpaired) electrons. The molecule has 6 fully saturated rings. The van der Waals surface area contributed by atoms with Crippen LogP contribution in [0, 0.1) is 23.2 Å². The van der Waals surface area contributed by atoms with Gasteiger partial charge in [0.15, 0.2) is 0 Å². The Morgan fingerprint density at radius 1 is 1.00 bits per heavy atom. The highest BCUT2D eigenvalue weighted by molar-refractivity contribution is 5.91. The largest absolute Gasteiger partial charge is 0.496 e. The van der Waals surface area contributed by atoms with Gasteiger partial charge in [0.05, 0.1) is 18.6 Å². The smallest absolute Gasteiger partial charge is 0.242 e. The number of methoxy groups -OCH3 is 1. The fourth-order valence-corrected chi connectivity index (χ4v) is 8.71. The van der Waals surface area contributed by atoms with Gasteiger partial charge < -0.3 is 15.0 Å². The Balaban J connectivity index is 1.16. The summed E-state index contributed by atoms with van der Waals surface area (Å²) in [6.07, 6.45) is 11.3. The lowest BCUT2D eigenvalue weighted by molar-refractivity contribution is -0.160. The van der Waals surface area contributed by atoms with E-state index in [1.54, 1.807) is 7.11 Å². The molecule has 0 spiro atoms. The van der Waals surface area contributed by atoms with Crippen molar-refractivity contribution in [2.24, 2.45) is 23.2 Å². The van der Waals surface area contributed by atoms with E-state index in [0.29, 0.717) is 12.5 Å². The minimum absolute atomic E-state index is 0.0275. The number of carbonyl (C=O) groups is 2. The second-order valence-corrected chi connectivity index (χ2v) is 12.1. The highest BCUT2D eigenvalue weighted by Gasteiger charge is 2.56. The first-order valence-corrected chi connectivity index (χ1v) is 14.0. The summed E-state index contributed by atoms with van der Waals surface area (Å²) in [6.45, 7) is 3.37. The lowest BCUT2D eigenvalue weighted by Crippen LogP contribution is -2.57. The monoisotopic (exact) mass is 479 g/mol. The molecule has 4 aliphatic carbocycles. The molecule has 6 heteroatoms. The fourth-order valence-electron chi connectivity index (χ4n) is 8.71. The molecule has 190 valence electrons. The minimum atomic E-state index is -0.313. The third-order valence-corrected chi connectivity index (χ3v) is 9.86. The first kappa shape index (κ1) is 23.3. The molecule has 4 bridgehead atoms. The Morgan fingerprint density at radius 2 is 1.66 bits per heavy atom. The van der Waals surface area contributed by atoms with Crippen molar-refractivity contribution in [2.45, 2.75) is 76.3 Å². The average molecular weight is 480 g/mol. The van der Waals surface area contributed by atoms with Crippen LogP contribution in [-0.2, 0) is 9.59 Å². The van der Waals surface area contributed by atoms with Crippen molar-refractivity contribution in [3.63, 3.8) is 0 Å². The van der Waals surface area contributed by atoms with Gasteiger partial charge in [-0.25, -0.2) is 0 Å². The van der Waals surface area contributed by atoms with Crippen LogP contribution in [0.4, 0.5) is 0 Å². The summed E-state index contributed by atoms with van der Waals surface area (Å²) >= 11 is 0. The molecule has 35 heavy (non-hydrogen) atoms. The predicted octanol–water partition coefficient (Wildman–Crippen LogP) is 4.16. The standard InChI is InChI=1S/C29H41N3O3/c1-35-26-9-3-2-7-23(26)25(31-10-4-5-11-31)19-30-27(33)24-8-6-12-32(24)28(34)29-16-20-13-21(17-29)15-22(14-20)18-29/h2-3,7,9,20-22,24-25H,4-6,8,10-19H2,1H3,(H,30,33)/t20?,21?,22?,24-,25+,29?/m0/s1. The zero-order valence-electron chi connectivity index (χ0n) is 21.2. The number of ether oxygens (including phenoxy) is 1. The van der Waals surface area contributed by atoms with Gasteiger partial charge in [-0.2, -0.15) is 0 Å². The van der Waals surface area contributed by atoms with Crippen LogP contribution in [0.3, 0.4) is 0 Å². The number of benzene rings is 1. The number of amides is 2. The van der Waals surface area contributed by atoms with Crippen LogP contribution in [0.1, 0.15) is 75.8 Å². The highest BCUT2D eigenvalue weighted by Crippen LogP contribution is 2.60. The summed E-state index contributed by atoms with van der Waals surface area (Å²) in [5.74, 6) is 3.42. The van der Waals surface area contributed by atoms with Crippen LogP contribution < -0.4 is 10.1 Å². The molecule has 1 N–H and O–H groups in total. The van der Waals surface area contributed by atoms with Crippen LogP contribution >= 0.6 is 0 Å². The molecule has 2 aliphatic heterocycles. The molecule has 4 saturated carbocycles. The lowest BCUT2D eigenvalue weighted by Gasteiger charge is -2.56. The summed E-state index contributed by atoms with van der Waals surface area (Å²) in [7, 11) is 1.71. The van der Waals surface area contributed by atoms with E-state index in [1.807, 2.05) is 23.1 Å². The number of nitrogens with zero attached hydrogens (tertiary/aromatic N) is 2. The molecular weight excluding hydrogens is 438 g/mol. The van der Waals surface area contributed by atoms with Crippen molar-refractivity contribution in [1.82, 2.24) is 15.1 Å². The van der Waals surface area contributed by atoms with Crippen LogP contribution in [0.5, 0.6) is 5.75 Å². The maximum atomic E-state index is 14.0. The molecule has 2 atom stereocenters. The third kappa shape index (κ3) is 4.26.